The number of rotatable bonds is 8. The van der Waals surface area contributed by atoms with Crippen LogP contribution >= 0.6 is 0 Å². The summed E-state index contributed by atoms with van der Waals surface area (Å²) in [5.74, 6) is 0. The van der Waals surface area contributed by atoms with E-state index in [1.807, 2.05) is 0 Å². The Morgan fingerprint density at radius 2 is 1.24 bits per heavy atom. The first-order chi connectivity index (χ1) is 8.38. The Hall–Kier alpha value is -0.200. The summed E-state index contributed by atoms with van der Waals surface area (Å²) in [6.07, 6.45) is 2.54. The van der Waals surface area contributed by atoms with Crippen molar-refractivity contribution in [3.63, 3.8) is 0 Å². The second-order valence-corrected chi connectivity index (χ2v) is 4.42. The minimum atomic E-state index is 0.358. The van der Waals surface area contributed by atoms with Gasteiger partial charge < -0.3 is 23.7 Å². The Balaban J connectivity index is 0.000000181. The van der Waals surface area contributed by atoms with Gasteiger partial charge >= 0.3 is 0 Å². The third-order valence-electron chi connectivity index (χ3n) is 2.64. The van der Waals surface area contributed by atoms with E-state index in [1.54, 1.807) is 0 Å². The van der Waals surface area contributed by atoms with Crippen LogP contribution in [0.5, 0.6) is 0 Å². The smallest absolute Gasteiger partial charge is 0.104 e. The monoisotopic (exact) mass is 246 g/mol. The van der Waals surface area contributed by atoms with Gasteiger partial charge in [0, 0.05) is 0 Å². The van der Waals surface area contributed by atoms with Crippen LogP contribution in [-0.2, 0) is 23.7 Å². The number of hydrogen-bond acceptors (Lipinski definition) is 5. The molecule has 0 aliphatic carbocycles. The highest BCUT2D eigenvalue weighted by atomic mass is 16.6. The fourth-order valence-corrected chi connectivity index (χ4v) is 1.18. The average Bonchev–Trinajstić information content (AvgIpc) is 3.15. The maximum absolute atomic E-state index is 5.27. The molecule has 0 N–H and O–H groups in total. The molecule has 0 saturated carbocycles. The molecular weight excluding hydrogens is 224 g/mol. The Kier molecular flexibility index (Phi) is 5.67. The Morgan fingerprint density at radius 1 is 0.824 bits per heavy atom. The summed E-state index contributed by atoms with van der Waals surface area (Å²) in [6, 6.07) is 0. The highest BCUT2D eigenvalue weighted by Gasteiger charge is 2.23. The lowest BCUT2D eigenvalue weighted by atomic mass is 10.4. The van der Waals surface area contributed by atoms with Crippen LogP contribution in [0.25, 0.3) is 0 Å². The Morgan fingerprint density at radius 3 is 1.47 bits per heavy atom. The van der Waals surface area contributed by atoms with Gasteiger partial charge in [-0.05, 0) is 6.42 Å². The van der Waals surface area contributed by atoms with Gasteiger partial charge in [-0.1, -0.05) is 6.92 Å². The van der Waals surface area contributed by atoms with E-state index in [0.717, 1.165) is 19.8 Å². The molecule has 0 amide bonds. The lowest BCUT2D eigenvalue weighted by Crippen LogP contribution is -2.10. The summed E-state index contributed by atoms with van der Waals surface area (Å²) in [6.45, 7) is 7.60. The van der Waals surface area contributed by atoms with Crippen LogP contribution in [0.1, 0.15) is 13.3 Å². The van der Waals surface area contributed by atoms with Crippen molar-refractivity contribution in [3.05, 3.63) is 0 Å². The van der Waals surface area contributed by atoms with Crippen LogP contribution in [0.4, 0.5) is 0 Å². The van der Waals surface area contributed by atoms with Crippen molar-refractivity contribution in [1.82, 2.24) is 0 Å². The van der Waals surface area contributed by atoms with Gasteiger partial charge in [-0.3, -0.25) is 0 Å². The van der Waals surface area contributed by atoms with Crippen molar-refractivity contribution in [1.29, 1.82) is 0 Å². The first-order valence-corrected chi connectivity index (χ1v) is 6.38. The fourth-order valence-electron chi connectivity index (χ4n) is 1.18. The van der Waals surface area contributed by atoms with Crippen molar-refractivity contribution in [2.45, 2.75) is 31.7 Å². The van der Waals surface area contributed by atoms with E-state index in [9.17, 15) is 0 Å². The number of ether oxygens (including phenoxy) is 5. The molecule has 0 spiro atoms. The van der Waals surface area contributed by atoms with Crippen molar-refractivity contribution < 1.29 is 23.7 Å². The predicted molar refractivity (Wildman–Crippen MR) is 61.1 cm³/mol. The van der Waals surface area contributed by atoms with Gasteiger partial charge in [0.15, 0.2) is 0 Å². The molecule has 3 aliphatic rings. The third kappa shape index (κ3) is 7.68. The van der Waals surface area contributed by atoms with Crippen molar-refractivity contribution in [2.24, 2.45) is 0 Å². The molecule has 0 aromatic heterocycles. The van der Waals surface area contributed by atoms with Gasteiger partial charge in [0.1, 0.15) is 12.2 Å². The van der Waals surface area contributed by atoms with Gasteiger partial charge in [0.2, 0.25) is 0 Å². The van der Waals surface area contributed by atoms with E-state index in [0.29, 0.717) is 44.7 Å². The summed E-state index contributed by atoms with van der Waals surface area (Å²) in [5, 5.41) is 0. The minimum Gasteiger partial charge on any atom is -0.376 e. The molecule has 5 heteroatoms. The van der Waals surface area contributed by atoms with Gasteiger partial charge in [-0.25, -0.2) is 0 Å². The predicted octanol–water partition coefficient (Wildman–Crippen LogP) is 0.612. The highest BCUT2D eigenvalue weighted by molar-refractivity contribution is 4.68. The zero-order valence-corrected chi connectivity index (χ0v) is 10.4. The Bertz CT molecular complexity index is 183. The van der Waals surface area contributed by atoms with Gasteiger partial charge in [-0.2, -0.15) is 0 Å². The molecule has 3 fully saturated rings. The van der Waals surface area contributed by atoms with Crippen molar-refractivity contribution >= 4 is 0 Å². The molecule has 3 atom stereocenters. The lowest BCUT2D eigenvalue weighted by Gasteiger charge is -2.02. The highest BCUT2D eigenvalue weighted by Crippen LogP contribution is 2.11. The first kappa shape index (κ1) is 13.2. The molecule has 0 aromatic rings. The topological polar surface area (TPSA) is 56.0 Å². The summed E-state index contributed by atoms with van der Waals surface area (Å²) >= 11 is 0. The molecule has 0 radical (unpaired) electrons. The quantitative estimate of drug-likeness (QED) is 0.464. The summed E-state index contributed by atoms with van der Waals surface area (Å²) in [5.41, 5.74) is 0. The van der Waals surface area contributed by atoms with Crippen molar-refractivity contribution in [2.75, 3.05) is 46.2 Å². The van der Waals surface area contributed by atoms with Crippen LogP contribution < -0.4 is 0 Å². The molecule has 3 saturated heterocycles. The summed E-state index contributed by atoms with van der Waals surface area (Å²) in [7, 11) is 0. The lowest BCUT2D eigenvalue weighted by molar-refractivity contribution is 0.0366. The number of epoxide rings is 3. The molecule has 3 heterocycles. The second kappa shape index (κ2) is 7.28. The number of hydrogen-bond donors (Lipinski definition) is 0. The summed E-state index contributed by atoms with van der Waals surface area (Å²) < 4.78 is 25.4. The molecule has 0 aromatic carbocycles. The van der Waals surface area contributed by atoms with E-state index >= 15 is 0 Å². The van der Waals surface area contributed by atoms with Crippen LogP contribution in [-0.4, -0.2) is 64.6 Å². The maximum Gasteiger partial charge on any atom is 0.104 e. The largest absolute Gasteiger partial charge is 0.376 e. The maximum atomic E-state index is 5.27. The molecule has 0 bridgehead atoms. The van der Waals surface area contributed by atoms with Crippen LogP contribution in [0.2, 0.25) is 0 Å². The fraction of sp³-hybridized carbons (Fsp3) is 1.00. The van der Waals surface area contributed by atoms with Crippen LogP contribution in [0.15, 0.2) is 0 Å². The van der Waals surface area contributed by atoms with Gasteiger partial charge in [0.25, 0.3) is 0 Å². The van der Waals surface area contributed by atoms with E-state index in [-0.39, 0.29) is 0 Å². The van der Waals surface area contributed by atoms with Crippen molar-refractivity contribution in [3.8, 4) is 0 Å². The van der Waals surface area contributed by atoms with Gasteiger partial charge in [-0.15, -0.1) is 0 Å². The van der Waals surface area contributed by atoms with E-state index in [1.165, 1.54) is 6.42 Å². The molecule has 3 unspecified atom stereocenters. The zero-order valence-electron chi connectivity index (χ0n) is 10.4. The average molecular weight is 246 g/mol. The molecule has 100 valence electrons. The Labute approximate surface area is 102 Å². The van der Waals surface area contributed by atoms with E-state index in [4.69, 9.17) is 23.7 Å². The van der Waals surface area contributed by atoms with Crippen LogP contribution in [0, 0.1) is 0 Å². The molecule has 3 aliphatic heterocycles. The molecule has 17 heavy (non-hydrogen) atoms. The van der Waals surface area contributed by atoms with E-state index < -0.39 is 0 Å². The SMILES string of the molecule is C(COCC1CO1)OCC1CO1.CCC1CO1. The zero-order chi connectivity index (χ0) is 11.9. The molecular formula is C12H22O5. The first-order valence-electron chi connectivity index (χ1n) is 6.38. The molecule has 5 nitrogen and oxygen atoms in total. The minimum absolute atomic E-state index is 0.358. The summed E-state index contributed by atoms with van der Waals surface area (Å²) in [4.78, 5) is 0. The van der Waals surface area contributed by atoms with Crippen LogP contribution in [0.3, 0.4) is 0 Å². The second-order valence-electron chi connectivity index (χ2n) is 4.42. The van der Waals surface area contributed by atoms with E-state index in [2.05, 4.69) is 6.92 Å². The third-order valence-corrected chi connectivity index (χ3v) is 2.64. The standard InChI is InChI=1S/C8H14O4.C4H8O/c1(9-3-7-5-11-7)2-10-4-8-6-12-8;1-2-4-3-5-4/h7-8H,1-6H2;4H,2-3H2,1H3. The molecule has 3 rings (SSSR count). The van der Waals surface area contributed by atoms with Gasteiger partial charge in [0.05, 0.1) is 52.4 Å². The normalized spacial score (nSPS) is 32.6.